The lowest BCUT2D eigenvalue weighted by Gasteiger charge is -2.27. The largest absolute Gasteiger partial charge is 0.479 e. The van der Waals surface area contributed by atoms with Gasteiger partial charge in [-0.2, -0.15) is 0 Å². The molecule has 0 aromatic heterocycles. The van der Waals surface area contributed by atoms with Gasteiger partial charge in [0, 0.05) is 12.0 Å². The van der Waals surface area contributed by atoms with Crippen molar-refractivity contribution in [1.29, 1.82) is 0 Å². The van der Waals surface area contributed by atoms with E-state index in [1.165, 1.54) is 0 Å². The van der Waals surface area contributed by atoms with Crippen molar-refractivity contribution in [1.82, 2.24) is 0 Å². The van der Waals surface area contributed by atoms with E-state index in [1.54, 1.807) is 0 Å². The van der Waals surface area contributed by atoms with Crippen molar-refractivity contribution in [3.63, 3.8) is 0 Å². The Balaban J connectivity index is 1.83. The quantitative estimate of drug-likeness (QED) is 0.742. The Bertz CT molecular complexity index is 955. The second-order valence-electron chi connectivity index (χ2n) is 6.58. The fourth-order valence-electron chi connectivity index (χ4n) is 3.44. The normalized spacial score (nSPS) is 21.3. The van der Waals surface area contributed by atoms with Gasteiger partial charge in [0.15, 0.2) is 6.10 Å². The van der Waals surface area contributed by atoms with Gasteiger partial charge in [-0.1, -0.05) is 78.9 Å². The van der Waals surface area contributed by atoms with Gasteiger partial charge in [0.05, 0.1) is 0 Å². The summed E-state index contributed by atoms with van der Waals surface area (Å²) < 4.78 is 6.15. The molecule has 27 heavy (non-hydrogen) atoms. The second kappa shape index (κ2) is 7.08. The molecule has 3 aromatic rings. The zero-order chi connectivity index (χ0) is 18.7. The molecule has 3 aromatic carbocycles. The Hall–Kier alpha value is -3.40. The molecule has 0 amide bonds. The molecule has 0 bridgehead atoms. The summed E-state index contributed by atoms with van der Waals surface area (Å²) in [5, 5.41) is 10.2. The van der Waals surface area contributed by atoms with E-state index in [9.17, 15) is 9.90 Å². The van der Waals surface area contributed by atoms with Crippen molar-refractivity contribution in [2.75, 3.05) is 0 Å². The van der Waals surface area contributed by atoms with Gasteiger partial charge >= 0.3 is 5.97 Å². The minimum Gasteiger partial charge on any atom is -0.479 e. The Labute approximate surface area is 157 Å². The van der Waals surface area contributed by atoms with E-state index >= 15 is 0 Å². The molecule has 0 fully saturated rings. The molecule has 0 aliphatic carbocycles. The van der Waals surface area contributed by atoms with E-state index in [4.69, 9.17) is 4.74 Å². The van der Waals surface area contributed by atoms with Crippen LogP contribution in [-0.2, 0) is 16.0 Å². The van der Waals surface area contributed by atoms with E-state index in [1.807, 2.05) is 91.0 Å². The number of carbonyl (C=O) groups is 1. The van der Waals surface area contributed by atoms with Crippen LogP contribution in [0.3, 0.4) is 0 Å². The number of hydrogen-bond donors (Lipinski definition) is 1. The number of carboxylic acid groups (broad SMARTS) is 1. The molecule has 134 valence electrons. The minimum absolute atomic E-state index is 0.249. The van der Waals surface area contributed by atoms with Crippen molar-refractivity contribution in [2.45, 2.75) is 18.1 Å². The van der Waals surface area contributed by atoms with Gasteiger partial charge in [-0.15, -0.1) is 0 Å². The zero-order valence-electron chi connectivity index (χ0n) is 14.7. The first kappa shape index (κ1) is 17.0. The predicted molar refractivity (Wildman–Crippen MR) is 104 cm³/mol. The molecular weight excluding hydrogens is 338 g/mol. The molecule has 1 aliphatic heterocycles. The Morgan fingerprint density at radius 2 is 1.44 bits per heavy atom. The molecule has 0 saturated carbocycles. The van der Waals surface area contributed by atoms with E-state index < -0.39 is 17.6 Å². The third-order valence-corrected chi connectivity index (χ3v) is 4.77. The third kappa shape index (κ3) is 3.22. The van der Waals surface area contributed by atoms with Crippen LogP contribution >= 0.6 is 0 Å². The summed E-state index contributed by atoms with van der Waals surface area (Å²) in [6.45, 7) is 0. The Morgan fingerprint density at radius 1 is 0.889 bits per heavy atom. The molecule has 0 radical (unpaired) electrons. The van der Waals surface area contributed by atoms with Crippen LogP contribution in [0.1, 0.15) is 22.8 Å². The molecule has 2 atom stereocenters. The number of aliphatic carboxylic acids is 1. The maximum Gasteiger partial charge on any atom is 0.336 e. The summed E-state index contributed by atoms with van der Waals surface area (Å²) in [4.78, 5) is 17.1. The lowest BCUT2D eigenvalue weighted by molar-refractivity contribution is -0.146. The van der Waals surface area contributed by atoms with E-state index in [0.717, 1.165) is 16.7 Å². The van der Waals surface area contributed by atoms with Crippen LogP contribution in [0.4, 0.5) is 0 Å². The molecule has 0 saturated heterocycles. The Morgan fingerprint density at radius 3 is 2.04 bits per heavy atom. The summed E-state index contributed by atoms with van der Waals surface area (Å²) in [5.74, 6) is -0.631. The average molecular weight is 357 g/mol. The molecule has 4 rings (SSSR count). The number of aliphatic imine (C=N–C) groups is 1. The summed E-state index contributed by atoms with van der Waals surface area (Å²) >= 11 is 0. The van der Waals surface area contributed by atoms with Gasteiger partial charge in [-0.05, 0) is 23.3 Å². The maximum absolute atomic E-state index is 12.5. The van der Waals surface area contributed by atoms with Gasteiger partial charge in [0.1, 0.15) is 0 Å². The highest BCUT2D eigenvalue weighted by atomic mass is 16.5. The lowest BCUT2D eigenvalue weighted by atomic mass is 9.83. The third-order valence-electron chi connectivity index (χ3n) is 4.77. The van der Waals surface area contributed by atoms with Crippen LogP contribution in [0.15, 0.2) is 96.0 Å². The molecular formula is C23H19NO3. The summed E-state index contributed by atoms with van der Waals surface area (Å²) in [6.07, 6.45) is -0.453. The van der Waals surface area contributed by atoms with E-state index in [-0.39, 0.29) is 6.42 Å². The molecule has 1 heterocycles. The highest BCUT2D eigenvalue weighted by Crippen LogP contribution is 2.42. The van der Waals surface area contributed by atoms with Gasteiger partial charge in [0.2, 0.25) is 11.4 Å². The number of hydrogen-bond acceptors (Lipinski definition) is 3. The molecule has 0 spiro atoms. The highest BCUT2D eigenvalue weighted by Gasteiger charge is 2.53. The maximum atomic E-state index is 12.5. The van der Waals surface area contributed by atoms with Crippen molar-refractivity contribution in [3.8, 4) is 0 Å². The van der Waals surface area contributed by atoms with Crippen molar-refractivity contribution in [2.24, 2.45) is 4.99 Å². The van der Waals surface area contributed by atoms with Gasteiger partial charge in [-0.25, -0.2) is 9.79 Å². The van der Waals surface area contributed by atoms with Crippen LogP contribution in [0.25, 0.3) is 0 Å². The second-order valence-corrected chi connectivity index (χ2v) is 6.58. The molecule has 1 aliphatic rings. The smallest absolute Gasteiger partial charge is 0.336 e. The summed E-state index contributed by atoms with van der Waals surface area (Å²) in [7, 11) is 0. The standard InChI is InChI=1S/C23H19NO3/c25-22(26)23(16-17-10-4-1-5-11-17)20(18-12-6-2-7-13-18)27-21(24-23)19-14-8-3-9-15-19/h1-15,20H,16H2,(H,25,26)/t20-,23-/m0/s1. The van der Waals surface area contributed by atoms with Gasteiger partial charge in [0.25, 0.3) is 0 Å². The lowest BCUT2D eigenvalue weighted by Crippen LogP contribution is -2.43. The van der Waals surface area contributed by atoms with Gasteiger partial charge < -0.3 is 9.84 Å². The molecule has 4 nitrogen and oxygen atoms in total. The topological polar surface area (TPSA) is 58.9 Å². The van der Waals surface area contributed by atoms with Crippen LogP contribution < -0.4 is 0 Å². The highest BCUT2D eigenvalue weighted by molar-refractivity contribution is 5.99. The van der Waals surface area contributed by atoms with Crippen LogP contribution in [0.2, 0.25) is 0 Å². The number of rotatable bonds is 5. The van der Waals surface area contributed by atoms with Crippen molar-refractivity contribution < 1.29 is 14.6 Å². The van der Waals surface area contributed by atoms with Gasteiger partial charge in [-0.3, -0.25) is 0 Å². The average Bonchev–Trinajstić information content (AvgIpc) is 3.11. The summed E-state index contributed by atoms with van der Waals surface area (Å²) in [5.41, 5.74) is 1.05. The number of nitrogens with zero attached hydrogens (tertiary/aromatic N) is 1. The van der Waals surface area contributed by atoms with Crippen LogP contribution in [0, 0.1) is 0 Å². The summed E-state index contributed by atoms with van der Waals surface area (Å²) in [6, 6.07) is 28.4. The van der Waals surface area contributed by atoms with E-state index in [0.29, 0.717) is 5.90 Å². The SMILES string of the molecule is O=C(O)[C@@]1(Cc2ccccc2)N=C(c2ccccc2)O[C@H]1c1ccccc1. The fraction of sp³-hybridized carbons (Fsp3) is 0.130. The first-order valence-corrected chi connectivity index (χ1v) is 8.83. The van der Waals surface area contributed by atoms with Crippen molar-refractivity contribution in [3.05, 3.63) is 108 Å². The van der Waals surface area contributed by atoms with E-state index in [2.05, 4.69) is 4.99 Å². The monoisotopic (exact) mass is 357 g/mol. The minimum atomic E-state index is -1.42. The van der Waals surface area contributed by atoms with Crippen LogP contribution in [0.5, 0.6) is 0 Å². The molecule has 4 heteroatoms. The van der Waals surface area contributed by atoms with Crippen molar-refractivity contribution >= 4 is 11.9 Å². The number of benzene rings is 3. The Kier molecular flexibility index (Phi) is 4.47. The predicted octanol–water partition coefficient (Wildman–Crippen LogP) is 4.27. The fourth-order valence-corrected chi connectivity index (χ4v) is 3.44. The molecule has 0 unspecified atom stereocenters. The number of carboxylic acids is 1. The zero-order valence-corrected chi connectivity index (χ0v) is 14.7. The number of ether oxygens (including phenoxy) is 1. The van der Waals surface area contributed by atoms with Crippen LogP contribution in [-0.4, -0.2) is 22.5 Å². The molecule has 1 N–H and O–H groups in total. The first-order chi connectivity index (χ1) is 13.2. The first-order valence-electron chi connectivity index (χ1n) is 8.83.